The van der Waals surface area contributed by atoms with Crippen LogP contribution in [0.5, 0.6) is 0 Å². The molecule has 0 aromatic carbocycles. The number of hydrogen-bond acceptors (Lipinski definition) is 3. The van der Waals surface area contributed by atoms with E-state index in [-0.39, 0.29) is 12.0 Å². The van der Waals surface area contributed by atoms with Crippen molar-refractivity contribution in [2.75, 3.05) is 6.61 Å². The summed E-state index contributed by atoms with van der Waals surface area (Å²) in [7, 11) is 0. The second-order valence-electron chi connectivity index (χ2n) is 3.51. The highest BCUT2D eigenvalue weighted by Gasteiger charge is 2.25. The van der Waals surface area contributed by atoms with Crippen molar-refractivity contribution in [2.24, 2.45) is 5.41 Å². The van der Waals surface area contributed by atoms with Crippen LogP contribution in [0.1, 0.15) is 31.6 Å². The molecule has 0 spiro atoms. The van der Waals surface area contributed by atoms with Crippen molar-refractivity contribution in [1.29, 1.82) is 0 Å². The molecule has 0 saturated heterocycles. The lowest BCUT2D eigenvalue weighted by Gasteiger charge is -2.28. The van der Waals surface area contributed by atoms with Crippen LogP contribution in [0.3, 0.4) is 0 Å². The van der Waals surface area contributed by atoms with Crippen LogP contribution >= 0.6 is 11.3 Å². The van der Waals surface area contributed by atoms with Crippen molar-refractivity contribution >= 4 is 11.3 Å². The summed E-state index contributed by atoms with van der Waals surface area (Å²) < 4.78 is 0. The van der Waals surface area contributed by atoms with E-state index < -0.39 is 0 Å². The first-order valence-corrected chi connectivity index (χ1v) is 5.62. The predicted octanol–water partition coefficient (Wildman–Crippen LogP) is 2.48. The Morgan fingerprint density at radius 3 is 2.54 bits per heavy atom. The highest BCUT2D eigenvalue weighted by Crippen LogP contribution is 2.31. The first-order valence-electron chi connectivity index (χ1n) is 4.74. The summed E-state index contributed by atoms with van der Waals surface area (Å²) in [5.41, 5.74) is 1.93. The molecular weight excluding hydrogens is 182 g/mol. The summed E-state index contributed by atoms with van der Waals surface area (Å²) in [6, 6.07) is 0. The van der Waals surface area contributed by atoms with Gasteiger partial charge in [0.2, 0.25) is 0 Å². The highest BCUT2D eigenvalue weighted by molar-refractivity contribution is 7.09. The lowest BCUT2D eigenvalue weighted by Crippen LogP contribution is -2.26. The topological polar surface area (TPSA) is 33.1 Å². The number of aliphatic hydroxyl groups is 1. The van der Waals surface area contributed by atoms with Crippen LogP contribution in [0.15, 0.2) is 11.7 Å². The number of aromatic nitrogens is 1. The Morgan fingerprint density at radius 1 is 1.46 bits per heavy atom. The highest BCUT2D eigenvalue weighted by atomic mass is 32.1. The van der Waals surface area contributed by atoms with Gasteiger partial charge in [-0.25, -0.2) is 0 Å². The molecule has 0 fully saturated rings. The minimum atomic E-state index is 0.0759. The standard InChI is InChI=1S/C10H17NOS/c1-3-10(4-2,7-12)5-9-6-11-8-13-9/h6,8,12H,3-5,7H2,1-2H3. The van der Waals surface area contributed by atoms with Gasteiger partial charge in [0, 0.05) is 17.7 Å². The van der Waals surface area contributed by atoms with E-state index in [4.69, 9.17) is 0 Å². The Labute approximate surface area is 83.6 Å². The van der Waals surface area contributed by atoms with Crippen molar-refractivity contribution in [3.63, 3.8) is 0 Å². The fraction of sp³-hybridized carbons (Fsp3) is 0.700. The third-order valence-corrected chi connectivity index (χ3v) is 3.65. The van der Waals surface area contributed by atoms with E-state index in [1.54, 1.807) is 11.3 Å². The molecule has 0 aliphatic carbocycles. The van der Waals surface area contributed by atoms with E-state index in [0.717, 1.165) is 19.3 Å². The summed E-state index contributed by atoms with van der Waals surface area (Å²) in [5, 5.41) is 9.36. The summed E-state index contributed by atoms with van der Waals surface area (Å²) in [6.07, 6.45) is 4.91. The maximum atomic E-state index is 9.36. The van der Waals surface area contributed by atoms with Gasteiger partial charge >= 0.3 is 0 Å². The molecule has 1 heterocycles. The monoisotopic (exact) mass is 199 g/mol. The van der Waals surface area contributed by atoms with Gasteiger partial charge < -0.3 is 5.11 Å². The largest absolute Gasteiger partial charge is 0.396 e. The number of rotatable bonds is 5. The normalized spacial score (nSPS) is 11.9. The minimum absolute atomic E-state index is 0.0759. The van der Waals surface area contributed by atoms with Crippen molar-refractivity contribution in [3.8, 4) is 0 Å². The predicted molar refractivity (Wildman–Crippen MR) is 55.9 cm³/mol. The Balaban J connectivity index is 2.67. The molecule has 13 heavy (non-hydrogen) atoms. The Kier molecular flexibility index (Phi) is 3.88. The van der Waals surface area contributed by atoms with Gasteiger partial charge in [-0.3, -0.25) is 4.98 Å². The lowest BCUT2D eigenvalue weighted by molar-refractivity contribution is 0.116. The first kappa shape index (κ1) is 10.7. The Morgan fingerprint density at radius 2 is 2.15 bits per heavy atom. The second kappa shape index (κ2) is 4.72. The molecule has 0 amide bonds. The number of thiazole rings is 1. The Bertz CT molecular complexity index is 221. The van der Waals surface area contributed by atoms with Gasteiger partial charge in [0.05, 0.1) is 5.51 Å². The Hall–Kier alpha value is -0.410. The smallest absolute Gasteiger partial charge is 0.0794 e. The third kappa shape index (κ3) is 2.51. The van der Waals surface area contributed by atoms with E-state index in [2.05, 4.69) is 18.8 Å². The van der Waals surface area contributed by atoms with Gasteiger partial charge in [0.25, 0.3) is 0 Å². The van der Waals surface area contributed by atoms with Crippen LogP contribution in [-0.4, -0.2) is 16.7 Å². The van der Waals surface area contributed by atoms with Gasteiger partial charge in [0.15, 0.2) is 0 Å². The maximum Gasteiger partial charge on any atom is 0.0794 e. The summed E-state index contributed by atoms with van der Waals surface area (Å²) in [5.74, 6) is 0. The van der Waals surface area contributed by atoms with E-state index >= 15 is 0 Å². The van der Waals surface area contributed by atoms with Crippen LogP contribution in [0.2, 0.25) is 0 Å². The average molecular weight is 199 g/mol. The number of nitrogens with zero attached hydrogens (tertiary/aromatic N) is 1. The summed E-state index contributed by atoms with van der Waals surface area (Å²) in [6.45, 7) is 4.55. The molecule has 74 valence electrons. The van der Waals surface area contributed by atoms with Crippen LogP contribution in [0.4, 0.5) is 0 Å². The van der Waals surface area contributed by atoms with Gasteiger partial charge in [0.1, 0.15) is 0 Å². The van der Waals surface area contributed by atoms with Gasteiger partial charge in [-0.05, 0) is 24.7 Å². The van der Waals surface area contributed by atoms with Crippen molar-refractivity contribution in [3.05, 3.63) is 16.6 Å². The first-order chi connectivity index (χ1) is 6.26. The van der Waals surface area contributed by atoms with Crippen LogP contribution in [0, 0.1) is 5.41 Å². The average Bonchev–Trinajstić information content (AvgIpc) is 2.67. The zero-order chi connectivity index (χ0) is 9.73. The maximum absolute atomic E-state index is 9.36. The molecule has 1 N–H and O–H groups in total. The molecule has 2 nitrogen and oxygen atoms in total. The second-order valence-corrected chi connectivity index (χ2v) is 4.48. The van der Waals surface area contributed by atoms with Crippen LogP contribution < -0.4 is 0 Å². The van der Waals surface area contributed by atoms with E-state index in [0.29, 0.717) is 0 Å². The van der Waals surface area contributed by atoms with Gasteiger partial charge in [-0.2, -0.15) is 0 Å². The molecule has 0 bridgehead atoms. The fourth-order valence-corrected chi connectivity index (χ4v) is 2.25. The molecule has 0 atom stereocenters. The molecule has 1 aromatic rings. The molecule has 0 aliphatic rings. The zero-order valence-electron chi connectivity index (χ0n) is 8.29. The summed E-state index contributed by atoms with van der Waals surface area (Å²) in [4.78, 5) is 5.32. The van der Waals surface area contributed by atoms with E-state index in [1.807, 2.05) is 11.7 Å². The van der Waals surface area contributed by atoms with E-state index in [1.165, 1.54) is 4.88 Å². The van der Waals surface area contributed by atoms with Crippen LogP contribution in [-0.2, 0) is 6.42 Å². The molecule has 0 aliphatic heterocycles. The van der Waals surface area contributed by atoms with Crippen molar-refractivity contribution in [2.45, 2.75) is 33.1 Å². The lowest BCUT2D eigenvalue weighted by atomic mass is 9.80. The van der Waals surface area contributed by atoms with Crippen molar-refractivity contribution < 1.29 is 5.11 Å². The molecular formula is C10H17NOS. The number of aliphatic hydroxyl groups excluding tert-OH is 1. The quantitative estimate of drug-likeness (QED) is 0.790. The summed E-state index contributed by atoms with van der Waals surface area (Å²) >= 11 is 1.67. The molecule has 1 aromatic heterocycles. The molecule has 0 unspecified atom stereocenters. The molecule has 3 heteroatoms. The zero-order valence-corrected chi connectivity index (χ0v) is 9.10. The molecule has 1 rings (SSSR count). The van der Waals surface area contributed by atoms with Gasteiger partial charge in [-0.1, -0.05) is 13.8 Å². The molecule has 0 radical (unpaired) electrons. The number of hydrogen-bond donors (Lipinski definition) is 1. The fourth-order valence-electron chi connectivity index (χ4n) is 1.48. The SMILES string of the molecule is CCC(CC)(CO)Cc1cncs1. The third-order valence-electron chi connectivity index (χ3n) is 2.87. The van der Waals surface area contributed by atoms with Crippen LogP contribution in [0.25, 0.3) is 0 Å². The molecule has 0 saturated carbocycles. The van der Waals surface area contributed by atoms with E-state index in [9.17, 15) is 5.11 Å². The minimum Gasteiger partial charge on any atom is -0.396 e. The van der Waals surface area contributed by atoms with Gasteiger partial charge in [-0.15, -0.1) is 11.3 Å². The van der Waals surface area contributed by atoms with Crippen molar-refractivity contribution in [1.82, 2.24) is 4.98 Å².